The highest BCUT2D eigenvalue weighted by Crippen LogP contribution is 2.44. The fourth-order valence-corrected chi connectivity index (χ4v) is 3.67. The van der Waals surface area contributed by atoms with Crippen LogP contribution in [0.1, 0.15) is 22.6 Å². The third-order valence-electron chi connectivity index (χ3n) is 5.14. The predicted molar refractivity (Wildman–Crippen MR) is 114 cm³/mol. The summed E-state index contributed by atoms with van der Waals surface area (Å²) in [4.78, 5) is 24.3. The number of benzene rings is 3. The minimum atomic E-state index is -1.05. The molecule has 5 heteroatoms. The number of nitrogens with one attached hydrogen (secondary N) is 1. The summed E-state index contributed by atoms with van der Waals surface area (Å²) < 4.78 is 10.6. The molecule has 30 heavy (non-hydrogen) atoms. The Morgan fingerprint density at radius 3 is 2.03 bits per heavy atom. The zero-order valence-corrected chi connectivity index (χ0v) is 16.4. The maximum absolute atomic E-state index is 12.2. The van der Waals surface area contributed by atoms with Gasteiger partial charge in [0.25, 0.3) is 0 Å². The maximum Gasteiger partial charge on any atom is 0.407 e. The summed E-state index contributed by atoms with van der Waals surface area (Å²) in [5.41, 5.74) is 5.42. The number of ether oxygens (including phenoxy) is 2. The van der Waals surface area contributed by atoms with Crippen molar-refractivity contribution in [2.75, 3.05) is 6.61 Å². The highest BCUT2D eigenvalue weighted by Gasteiger charge is 2.29. The Balaban J connectivity index is 1.32. The number of carbonyl (C=O) groups is 2. The first-order valence-corrected chi connectivity index (χ1v) is 9.78. The quantitative estimate of drug-likeness (QED) is 0.620. The largest absolute Gasteiger partial charge is 0.459 e. The molecule has 1 aliphatic rings. The van der Waals surface area contributed by atoms with E-state index in [-0.39, 0.29) is 19.1 Å². The van der Waals surface area contributed by atoms with E-state index in [1.165, 1.54) is 0 Å². The average molecular weight is 400 g/mol. The summed E-state index contributed by atoms with van der Waals surface area (Å²) >= 11 is 0. The SMILES string of the molecule is [CH2][C@@H](NC(=O)OCC1c2ccccc2-c2ccccc21)C(=O)OCc1ccccc1. The van der Waals surface area contributed by atoms with Crippen molar-refractivity contribution in [1.82, 2.24) is 5.32 Å². The zero-order valence-electron chi connectivity index (χ0n) is 16.4. The monoisotopic (exact) mass is 400 g/mol. The Kier molecular flexibility index (Phi) is 5.80. The van der Waals surface area contributed by atoms with Gasteiger partial charge in [0.1, 0.15) is 19.3 Å². The molecule has 0 aromatic heterocycles. The van der Waals surface area contributed by atoms with Gasteiger partial charge in [-0.05, 0) is 34.7 Å². The lowest BCUT2D eigenvalue weighted by molar-refractivity contribution is -0.146. The molecular formula is C25H22NO4. The van der Waals surface area contributed by atoms with E-state index in [0.29, 0.717) is 0 Å². The lowest BCUT2D eigenvalue weighted by atomic mass is 9.98. The topological polar surface area (TPSA) is 64.6 Å². The van der Waals surface area contributed by atoms with Crippen LogP contribution in [0.3, 0.4) is 0 Å². The second kappa shape index (κ2) is 8.82. The lowest BCUT2D eigenvalue weighted by Crippen LogP contribution is -2.40. The van der Waals surface area contributed by atoms with Crippen LogP contribution < -0.4 is 5.32 Å². The smallest absolute Gasteiger partial charge is 0.407 e. The number of fused-ring (bicyclic) bond motifs is 3. The highest BCUT2D eigenvalue weighted by molar-refractivity contribution is 5.82. The van der Waals surface area contributed by atoms with E-state index in [1.807, 2.05) is 66.7 Å². The first-order valence-electron chi connectivity index (χ1n) is 9.78. The van der Waals surface area contributed by atoms with E-state index < -0.39 is 18.1 Å². The predicted octanol–water partition coefficient (Wildman–Crippen LogP) is 4.47. The standard InChI is InChI=1S/C25H22NO4/c1-17(24(27)29-15-18-9-3-2-4-10-18)26-25(28)30-16-23-21-13-7-5-11-19(21)20-12-6-8-14-22(20)23/h2-14,17,23H,1,15-16H2,(H,26,28)/t17-/m1/s1. The van der Waals surface area contributed by atoms with Crippen molar-refractivity contribution in [3.63, 3.8) is 0 Å². The summed E-state index contributed by atoms with van der Waals surface area (Å²) in [6, 6.07) is 24.5. The Bertz CT molecular complexity index is 1000. The van der Waals surface area contributed by atoms with Crippen molar-refractivity contribution in [3.8, 4) is 11.1 Å². The molecule has 1 atom stereocenters. The summed E-state index contributed by atoms with van der Waals surface area (Å²) in [6.07, 6.45) is -0.700. The molecule has 0 saturated heterocycles. The third kappa shape index (κ3) is 4.20. The molecule has 1 N–H and O–H groups in total. The highest BCUT2D eigenvalue weighted by atomic mass is 16.6. The van der Waals surface area contributed by atoms with Crippen LogP contribution >= 0.6 is 0 Å². The number of alkyl carbamates (subject to hydrolysis) is 1. The fourth-order valence-electron chi connectivity index (χ4n) is 3.67. The van der Waals surface area contributed by atoms with E-state index in [4.69, 9.17) is 9.47 Å². The van der Waals surface area contributed by atoms with Gasteiger partial charge in [0.2, 0.25) is 0 Å². The molecule has 0 saturated carbocycles. The molecule has 1 radical (unpaired) electrons. The molecule has 1 amide bonds. The second-order valence-electron chi connectivity index (χ2n) is 7.12. The van der Waals surface area contributed by atoms with E-state index in [9.17, 15) is 9.59 Å². The number of hydrogen-bond acceptors (Lipinski definition) is 4. The molecule has 3 aromatic carbocycles. The molecule has 4 rings (SSSR count). The van der Waals surface area contributed by atoms with Crippen molar-refractivity contribution in [2.45, 2.75) is 18.6 Å². The Hall–Kier alpha value is -3.60. The van der Waals surface area contributed by atoms with E-state index in [1.54, 1.807) is 0 Å². The van der Waals surface area contributed by atoms with Gasteiger partial charge in [0.15, 0.2) is 0 Å². The van der Waals surface area contributed by atoms with Gasteiger partial charge in [-0.3, -0.25) is 0 Å². The molecule has 5 nitrogen and oxygen atoms in total. The molecule has 151 valence electrons. The number of carbonyl (C=O) groups excluding carboxylic acids is 2. The Morgan fingerprint density at radius 1 is 0.833 bits per heavy atom. The molecule has 1 aliphatic carbocycles. The second-order valence-corrected chi connectivity index (χ2v) is 7.12. The minimum Gasteiger partial charge on any atom is -0.459 e. The van der Waals surface area contributed by atoms with Crippen LogP contribution in [0.2, 0.25) is 0 Å². The first kappa shape index (κ1) is 19.7. The molecule has 0 heterocycles. The van der Waals surface area contributed by atoms with Crippen LogP contribution in [0.4, 0.5) is 4.79 Å². The fraction of sp³-hybridized carbons (Fsp3) is 0.160. The van der Waals surface area contributed by atoms with Crippen molar-refractivity contribution < 1.29 is 19.1 Å². The van der Waals surface area contributed by atoms with Crippen molar-refractivity contribution in [1.29, 1.82) is 0 Å². The van der Waals surface area contributed by atoms with Gasteiger partial charge in [-0.2, -0.15) is 0 Å². The molecule has 0 aliphatic heterocycles. The van der Waals surface area contributed by atoms with Gasteiger partial charge in [0.05, 0.1) is 0 Å². The van der Waals surface area contributed by atoms with Gasteiger partial charge in [-0.15, -0.1) is 0 Å². The zero-order chi connectivity index (χ0) is 20.9. The first-order chi connectivity index (χ1) is 14.6. The van der Waals surface area contributed by atoms with Crippen LogP contribution in [-0.4, -0.2) is 24.7 Å². The average Bonchev–Trinajstić information content (AvgIpc) is 3.10. The van der Waals surface area contributed by atoms with E-state index >= 15 is 0 Å². The Morgan fingerprint density at radius 2 is 1.40 bits per heavy atom. The van der Waals surface area contributed by atoms with Crippen molar-refractivity contribution >= 4 is 12.1 Å². The Labute approximate surface area is 175 Å². The number of esters is 1. The van der Waals surface area contributed by atoms with Crippen LogP contribution in [0.5, 0.6) is 0 Å². The number of amides is 1. The van der Waals surface area contributed by atoms with Crippen LogP contribution in [0.25, 0.3) is 11.1 Å². The van der Waals surface area contributed by atoms with Gasteiger partial charge < -0.3 is 14.8 Å². The lowest BCUT2D eigenvalue weighted by Gasteiger charge is -2.16. The summed E-state index contributed by atoms with van der Waals surface area (Å²) in [6.45, 7) is 3.95. The molecule has 0 bridgehead atoms. The van der Waals surface area contributed by atoms with Crippen LogP contribution in [0, 0.1) is 6.92 Å². The summed E-state index contributed by atoms with van der Waals surface area (Å²) in [5, 5.41) is 2.44. The van der Waals surface area contributed by atoms with Gasteiger partial charge in [-0.1, -0.05) is 78.9 Å². The molecule has 0 spiro atoms. The van der Waals surface area contributed by atoms with Crippen molar-refractivity contribution in [2.24, 2.45) is 0 Å². The van der Waals surface area contributed by atoms with Crippen LogP contribution in [0.15, 0.2) is 78.9 Å². The third-order valence-corrected chi connectivity index (χ3v) is 5.14. The number of rotatable bonds is 6. The van der Waals surface area contributed by atoms with Gasteiger partial charge in [-0.25, -0.2) is 9.59 Å². The summed E-state index contributed by atoms with van der Waals surface area (Å²) in [7, 11) is 0. The molecule has 3 aromatic rings. The molecular weight excluding hydrogens is 378 g/mol. The van der Waals surface area contributed by atoms with E-state index in [0.717, 1.165) is 27.8 Å². The van der Waals surface area contributed by atoms with Crippen LogP contribution in [-0.2, 0) is 20.9 Å². The summed E-state index contributed by atoms with van der Waals surface area (Å²) in [5.74, 6) is -0.663. The molecule has 0 fully saturated rings. The van der Waals surface area contributed by atoms with Crippen molar-refractivity contribution in [3.05, 3.63) is 102 Å². The normalized spacial score (nSPS) is 13.1. The number of hydrogen-bond donors (Lipinski definition) is 1. The van der Waals surface area contributed by atoms with E-state index in [2.05, 4.69) is 24.4 Å². The maximum atomic E-state index is 12.2. The van der Waals surface area contributed by atoms with Gasteiger partial charge in [0, 0.05) is 5.92 Å². The van der Waals surface area contributed by atoms with Gasteiger partial charge >= 0.3 is 12.1 Å². The minimum absolute atomic E-state index is 0.0450. The molecule has 0 unspecified atom stereocenters.